The Morgan fingerprint density at radius 1 is 1.26 bits per heavy atom. The first-order valence-electron chi connectivity index (χ1n) is 7.77. The fraction of sp³-hybridized carbons (Fsp3) is 0.438. The van der Waals surface area contributed by atoms with E-state index in [2.05, 4.69) is 37.7 Å². The van der Waals surface area contributed by atoms with Crippen LogP contribution in [0.15, 0.2) is 29.3 Å². The van der Waals surface area contributed by atoms with Gasteiger partial charge in [-0.15, -0.1) is 0 Å². The van der Waals surface area contributed by atoms with Crippen molar-refractivity contribution in [1.82, 2.24) is 25.8 Å². The lowest BCUT2D eigenvalue weighted by Gasteiger charge is -2.09. The second-order valence-electron chi connectivity index (χ2n) is 5.04. The highest BCUT2D eigenvalue weighted by molar-refractivity contribution is 5.79. The maximum Gasteiger partial charge on any atom is 0.191 e. The summed E-state index contributed by atoms with van der Waals surface area (Å²) in [4.78, 5) is 8.66. The summed E-state index contributed by atoms with van der Waals surface area (Å²) in [5, 5.41) is 13.7. The van der Waals surface area contributed by atoms with Gasteiger partial charge in [0.1, 0.15) is 11.6 Å². The summed E-state index contributed by atoms with van der Waals surface area (Å²) in [6.45, 7) is 3.60. The summed E-state index contributed by atoms with van der Waals surface area (Å²) in [7, 11) is 3.40. The Morgan fingerprint density at radius 2 is 2.04 bits per heavy atom. The van der Waals surface area contributed by atoms with Crippen molar-refractivity contribution in [3.8, 4) is 17.1 Å². The van der Waals surface area contributed by atoms with Crippen LogP contribution in [0.4, 0.5) is 0 Å². The molecule has 0 unspecified atom stereocenters. The molecule has 2 rings (SSSR count). The number of hydrogen-bond acceptors (Lipinski definition) is 4. The summed E-state index contributed by atoms with van der Waals surface area (Å²) in [6.07, 6.45) is 2.27. The zero-order valence-corrected chi connectivity index (χ0v) is 13.9. The van der Waals surface area contributed by atoms with Crippen LogP contribution in [0.25, 0.3) is 11.4 Å². The minimum Gasteiger partial charge on any atom is -0.497 e. The topological polar surface area (TPSA) is 87.2 Å². The van der Waals surface area contributed by atoms with Gasteiger partial charge in [0.25, 0.3) is 0 Å². The number of rotatable bonds is 7. The van der Waals surface area contributed by atoms with Gasteiger partial charge in [-0.05, 0) is 30.7 Å². The lowest BCUT2D eigenvalue weighted by Crippen LogP contribution is -2.37. The SMILES string of the molecule is CCCCNC(=NC)NCc1nc(-c2ccc(OC)cc2)n[nH]1. The smallest absolute Gasteiger partial charge is 0.191 e. The Kier molecular flexibility index (Phi) is 6.40. The Morgan fingerprint density at radius 3 is 2.70 bits per heavy atom. The molecule has 23 heavy (non-hydrogen) atoms. The zero-order valence-electron chi connectivity index (χ0n) is 13.9. The maximum absolute atomic E-state index is 5.15. The summed E-state index contributed by atoms with van der Waals surface area (Å²) < 4.78 is 5.15. The first-order valence-corrected chi connectivity index (χ1v) is 7.77. The van der Waals surface area contributed by atoms with Crippen molar-refractivity contribution in [3.63, 3.8) is 0 Å². The largest absolute Gasteiger partial charge is 0.497 e. The molecule has 0 saturated carbocycles. The molecular formula is C16H24N6O. The van der Waals surface area contributed by atoms with Crippen LogP contribution in [0, 0.1) is 0 Å². The van der Waals surface area contributed by atoms with Crippen molar-refractivity contribution in [2.24, 2.45) is 4.99 Å². The van der Waals surface area contributed by atoms with Crippen molar-refractivity contribution < 1.29 is 4.74 Å². The van der Waals surface area contributed by atoms with Crippen LogP contribution < -0.4 is 15.4 Å². The van der Waals surface area contributed by atoms with E-state index >= 15 is 0 Å². The quantitative estimate of drug-likeness (QED) is 0.413. The van der Waals surface area contributed by atoms with E-state index < -0.39 is 0 Å². The summed E-state index contributed by atoms with van der Waals surface area (Å²) in [5.41, 5.74) is 0.943. The number of guanidine groups is 1. The molecule has 0 atom stereocenters. The lowest BCUT2D eigenvalue weighted by molar-refractivity contribution is 0.415. The van der Waals surface area contributed by atoms with Gasteiger partial charge >= 0.3 is 0 Å². The van der Waals surface area contributed by atoms with E-state index in [1.807, 2.05) is 24.3 Å². The van der Waals surface area contributed by atoms with Crippen molar-refractivity contribution in [3.05, 3.63) is 30.1 Å². The van der Waals surface area contributed by atoms with Crippen molar-refractivity contribution >= 4 is 5.96 Å². The van der Waals surface area contributed by atoms with E-state index in [0.717, 1.165) is 42.5 Å². The molecule has 1 heterocycles. The van der Waals surface area contributed by atoms with Gasteiger partial charge in [0, 0.05) is 19.2 Å². The van der Waals surface area contributed by atoms with Crippen LogP contribution in [-0.4, -0.2) is 41.8 Å². The highest BCUT2D eigenvalue weighted by Gasteiger charge is 2.06. The molecule has 0 aliphatic heterocycles. The molecule has 0 aliphatic carbocycles. The van der Waals surface area contributed by atoms with Crippen LogP contribution in [0.1, 0.15) is 25.6 Å². The van der Waals surface area contributed by atoms with E-state index in [-0.39, 0.29) is 0 Å². The molecule has 0 fully saturated rings. The molecule has 7 nitrogen and oxygen atoms in total. The fourth-order valence-corrected chi connectivity index (χ4v) is 2.02. The molecule has 1 aromatic heterocycles. The molecule has 0 amide bonds. The average molecular weight is 316 g/mol. The Balaban J connectivity index is 1.91. The predicted octanol–water partition coefficient (Wildman–Crippen LogP) is 1.95. The number of methoxy groups -OCH3 is 1. The van der Waals surface area contributed by atoms with E-state index in [9.17, 15) is 0 Å². The highest BCUT2D eigenvalue weighted by atomic mass is 16.5. The first-order chi connectivity index (χ1) is 11.3. The molecule has 7 heteroatoms. The number of hydrogen-bond donors (Lipinski definition) is 3. The minimum absolute atomic E-state index is 0.537. The van der Waals surface area contributed by atoms with Gasteiger partial charge in [0.2, 0.25) is 0 Å². The van der Waals surface area contributed by atoms with Crippen LogP contribution in [0.5, 0.6) is 5.75 Å². The third kappa shape index (κ3) is 4.98. The number of H-pyrrole nitrogens is 1. The first kappa shape index (κ1) is 16.8. The van der Waals surface area contributed by atoms with Gasteiger partial charge in [-0.2, -0.15) is 5.10 Å². The number of benzene rings is 1. The zero-order chi connectivity index (χ0) is 16.5. The molecule has 0 aliphatic rings. The number of ether oxygens (including phenoxy) is 1. The number of nitrogens with one attached hydrogen (secondary N) is 3. The van der Waals surface area contributed by atoms with Crippen LogP contribution in [0.3, 0.4) is 0 Å². The van der Waals surface area contributed by atoms with Gasteiger partial charge in [0.15, 0.2) is 11.8 Å². The molecular weight excluding hydrogens is 292 g/mol. The van der Waals surface area contributed by atoms with Gasteiger partial charge in [-0.1, -0.05) is 13.3 Å². The van der Waals surface area contributed by atoms with Gasteiger partial charge in [0.05, 0.1) is 13.7 Å². The maximum atomic E-state index is 5.15. The predicted molar refractivity (Wildman–Crippen MR) is 91.5 cm³/mol. The van der Waals surface area contributed by atoms with Crippen molar-refractivity contribution in [2.45, 2.75) is 26.3 Å². The average Bonchev–Trinajstić information content (AvgIpc) is 3.07. The van der Waals surface area contributed by atoms with Gasteiger partial charge in [-0.3, -0.25) is 10.1 Å². The minimum atomic E-state index is 0.537. The summed E-state index contributed by atoms with van der Waals surface area (Å²) in [5.74, 6) is 3.00. The fourth-order valence-electron chi connectivity index (χ4n) is 2.02. The number of unbranched alkanes of at least 4 members (excludes halogenated alkanes) is 1. The molecule has 3 N–H and O–H groups in total. The molecule has 0 bridgehead atoms. The van der Waals surface area contributed by atoms with E-state index in [4.69, 9.17) is 4.74 Å². The van der Waals surface area contributed by atoms with E-state index in [0.29, 0.717) is 12.4 Å². The van der Waals surface area contributed by atoms with Crippen molar-refractivity contribution in [1.29, 1.82) is 0 Å². The van der Waals surface area contributed by atoms with Crippen LogP contribution in [-0.2, 0) is 6.54 Å². The second kappa shape index (κ2) is 8.77. The standard InChI is InChI=1S/C16H24N6O/c1-4-5-10-18-16(17-2)19-11-14-20-15(22-21-14)12-6-8-13(23-3)9-7-12/h6-9H,4-5,10-11H2,1-3H3,(H2,17,18,19)(H,20,21,22). The number of nitrogens with zero attached hydrogens (tertiary/aromatic N) is 3. The third-order valence-corrected chi connectivity index (χ3v) is 3.35. The molecule has 2 aromatic rings. The molecule has 0 saturated heterocycles. The summed E-state index contributed by atoms with van der Waals surface area (Å²) >= 11 is 0. The number of aromatic nitrogens is 3. The monoisotopic (exact) mass is 316 g/mol. The number of aliphatic imine (C=N–C) groups is 1. The van der Waals surface area contributed by atoms with E-state index in [1.54, 1.807) is 14.2 Å². The van der Waals surface area contributed by atoms with E-state index in [1.165, 1.54) is 0 Å². The van der Waals surface area contributed by atoms with Crippen molar-refractivity contribution in [2.75, 3.05) is 20.7 Å². The Hall–Kier alpha value is -2.57. The molecule has 0 spiro atoms. The number of aromatic amines is 1. The van der Waals surface area contributed by atoms with Crippen LogP contribution in [0.2, 0.25) is 0 Å². The molecule has 124 valence electrons. The molecule has 1 aromatic carbocycles. The Labute approximate surface area is 136 Å². The van der Waals surface area contributed by atoms with Crippen LogP contribution >= 0.6 is 0 Å². The highest BCUT2D eigenvalue weighted by Crippen LogP contribution is 2.18. The lowest BCUT2D eigenvalue weighted by atomic mass is 10.2. The summed E-state index contributed by atoms with van der Waals surface area (Å²) in [6, 6.07) is 7.65. The Bertz CT molecular complexity index is 620. The van der Waals surface area contributed by atoms with Gasteiger partial charge in [-0.25, -0.2) is 4.98 Å². The third-order valence-electron chi connectivity index (χ3n) is 3.35. The molecule has 0 radical (unpaired) electrons. The second-order valence-corrected chi connectivity index (χ2v) is 5.04. The normalized spacial score (nSPS) is 11.3. The van der Waals surface area contributed by atoms with Gasteiger partial charge < -0.3 is 15.4 Å².